The molecule has 0 bridgehead atoms. The van der Waals surface area contributed by atoms with Crippen molar-refractivity contribution < 1.29 is 9.92 Å². The van der Waals surface area contributed by atoms with Crippen LogP contribution in [0.1, 0.15) is 38.5 Å². The monoisotopic (exact) mass is 185 g/mol. The van der Waals surface area contributed by atoms with Gasteiger partial charge in [-0.05, 0) is 19.3 Å². The predicted molar refractivity (Wildman–Crippen MR) is 48.7 cm³/mol. The first-order valence-corrected chi connectivity index (χ1v) is 4.77. The predicted octanol–water partition coefficient (Wildman–Crippen LogP) is 2.47. The molecule has 0 aromatic carbocycles. The maximum Gasteiger partial charge on any atom is 0.295 e. The van der Waals surface area contributed by atoms with E-state index in [9.17, 15) is 10.1 Å². The number of hydrogen-bond donors (Lipinski definition) is 0. The lowest BCUT2D eigenvalue weighted by molar-refractivity contribution is -0.765. The minimum atomic E-state index is -0.701. The van der Waals surface area contributed by atoms with Gasteiger partial charge in [0.2, 0.25) is 0 Å². The van der Waals surface area contributed by atoms with Crippen molar-refractivity contribution in [2.75, 3.05) is 0 Å². The molecule has 1 aliphatic carbocycles. The second-order valence-electron chi connectivity index (χ2n) is 3.29. The normalized spacial score (nSPS) is 26.6. The van der Waals surface area contributed by atoms with Crippen LogP contribution in [0.5, 0.6) is 0 Å². The molecule has 13 heavy (non-hydrogen) atoms. The van der Waals surface area contributed by atoms with Gasteiger partial charge in [0, 0.05) is 0 Å². The average Bonchev–Trinajstić information content (AvgIpc) is 2.17. The first-order chi connectivity index (χ1) is 6.29. The molecular formula is C9H15NO3. The molecule has 1 aliphatic rings. The molecule has 0 radical (unpaired) electrons. The first-order valence-electron chi connectivity index (χ1n) is 4.77. The molecular weight excluding hydrogens is 170 g/mol. The molecule has 0 aliphatic heterocycles. The molecule has 0 amide bonds. The van der Waals surface area contributed by atoms with Gasteiger partial charge in [-0.15, -0.1) is 10.1 Å². The van der Waals surface area contributed by atoms with Crippen molar-refractivity contribution in [2.24, 2.45) is 0 Å². The summed E-state index contributed by atoms with van der Waals surface area (Å²) in [6.45, 7) is 0. The molecule has 0 saturated heterocycles. The molecule has 1 atom stereocenters. The van der Waals surface area contributed by atoms with Crippen LogP contribution >= 0.6 is 0 Å². The molecule has 4 nitrogen and oxygen atoms in total. The highest BCUT2D eigenvalue weighted by Gasteiger charge is 2.09. The fraction of sp³-hybridized carbons (Fsp3) is 0.778. The van der Waals surface area contributed by atoms with E-state index in [2.05, 4.69) is 4.84 Å². The van der Waals surface area contributed by atoms with Crippen LogP contribution in [0.3, 0.4) is 0 Å². The van der Waals surface area contributed by atoms with Crippen LogP contribution in [0, 0.1) is 10.1 Å². The Labute approximate surface area is 77.7 Å². The Hall–Kier alpha value is -1.06. The van der Waals surface area contributed by atoms with Gasteiger partial charge in [0.1, 0.15) is 6.10 Å². The molecule has 0 aromatic rings. The Balaban J connectivity index is 2.39. The highest BCUT2D eigenvalue weighted by atomic mass is 17.0. The Morgan fingerprint density at radius 2 is 2.08 bits per heavy atom. The van der Waals surface area contributed by atoms with E-state index in [4.69, 9.17) is 0 Å². The van der Waals surface area contributed by atoms with Gasteiger partial charge in [-0.1, -0.05) is 31.4 Å². The van der Waals surface area contributed by atoms with E-state index < -0.39 is 5.09 Å². The Morgan fingerprint density at radius 1 is 1.31 bits per heavy atom. The maximum atomic E-state index is 10.1. The van der Waals surface area contributed by atoms with Crippen LogP contribution in [0.4, 0.5) is 0 Å². The van der Waals surface area contributed by atoms with Crippen LogP contribution in [0.2, 0.25) is 0 Å². The minimum Gasteiger partial charge on any atom is -0.306 e. The molecule has 0 saturated carbocycles. The molecule has 0 aromatic heterocycles. The standard InChI is InChI=1S/C9H15NO3/c11-10(12)13-9-7-5-3-1-2-4-6-8-9/h5,7,9H,1-4,6,8H2/b7-5-. The SMILES string of the molecule is O=[N+]([O-])OC1/C=C\CCCCCC1. The summed E-state index contributed by atoms with van der Waals surface area (Å²) in [6.07, 6.45) is 9.82. The maximum absolute atomic E-state index is 10.1. The van der Waals surface area contributed by atoms with Gasteiger partial charge in [-0.3, -0.25) is 0 Å². The van der Waals surface area contributed by atoms with Crippen molar-refractivity contribution >= 4 is 0 Å². The zero-order valence-electron chi connectivity index (χ0n) is 7.65. The van der Waals surface area contributed by atoms with Crippen molar-refractivity contribution in [2.45, 2.75) is 44.6 Å². The lowest BCUT2D eigenvalue weighted by Crippen LogP contribution is -2.14. The number of rotatable bonds is 2. The number of hydrogen-bond acceptors (Lipinski definition) is 3. The molecule has 0 fully saturated rings. The highest BCUT2D eigenvalue weighted by Crippen LogP contribution is 2.14. The van der Waals surface area contributed by atoms with E-state index >= 15 is 0 Å². The Morgan fingerprint density at radius 3 is 2.85 bits per heavy atom. The van der Waals surface area contributed by atoms with Crippen LogP contribution in [-0.4, -0.2) is 11.2 Å². The molecule has 1 unspecified atom stereocenters. The fourth-order valence-electron chi connectivity index (χ4n) is 1.50. The van der Waals surface area contributed by atoms with Crippen LogP contribution in [0.25, 0.3) is 0 Å². The average molecular weight is 185 g/mol. The van der Waals surface area contributed by atoms with Gasteiger partial charge < -0.3 is 4.84 Å². The van der Waals surface area contributed by atoms with Gasteiger partial charge in [0.05, 0.1) is 0 Å². The number of allylic oxidation sites excluding steroid dienone is 1. The second-order valence-corrected chi connectivity index (χ2v) is 3.29. The van der Waals surface area contributed by atoms with Crippen LogP contribution < -0.4 is 0 Å². The lowest BCUT2D eigenvalue weighted by Gasteiger charge is -2.08. The summed E-state index contributed by atoms with van der Waals surface area (Å²) >= 11 is 0. The van der Waals surface area contributed by atoms with E-state index in [0.717, 1.165) is 25.7 Å². The fourth-order valence-corrected chi connectivity index (χ4v) is 1.50. The molecule has 0 N–H and O–H groups in total. The Kier molecular flexibility index (Phi) is 4.29. The molecule has 4 heteroatoms. The van der Waals surface area contributed by atoms with Crippen molar-refractivity contribution in [3.8, 4) is 0 Å². The summed E-state index contributed by atoms with van der Waals surface area (Å²) in [7, 11) is 0. The third-order valence-corrected chi connectivity index (χ3v) is 2.18. The van der Waals surface area contributed by atoms with Gasteiger partial charge in [-0.25, -0.2) is 0 Å². The van der Waals surface area contributed by atoms with Gasteiger partial charge in [0.25, 0.3) is 5.09 Å². The molecule has 74 valence electrons. The summed E-state index contributed by atoms with van der Waals surface area (Å²) in [6, 6.07) is 0. The van der Waals surface area contributed by atoms with Gasteiger partial charge >= 0.3 is 0 Å². The highest BCUT2D eigenvalue weighted by molar-refractivity contribution is 4.89. The second kappa shape index (κ2) is 5.56. The van der Waals surface area contributed by atoms with E-state index in [1.165, 1.54) is 12.8 Å². The quantitative estimate of drug-likeness (QED) is 0.377. The summed E-state index contributed by atoms with van der Waals surface area (Å²) in [5.74, 6) is 0. The molecule has 0 spiro atoms. The van der Waals surface area contributed by atoms with Crippen molar-refractivity contribution in [3.63, 3.8) is 0 Å². The smallest absolute Gasteiger partial charge is 0.295 e. The minimum absolute atomic E-state index is 0.326. The van der Waals surface area contributed by atoms with Crippen molar-refractivity contribution in [3.05, 3.63) is 22.3 Å². The van der Waals surface area contributed by atoms with E-state index in [1.54, 1.807) is 0 Å². The summed E-state index contributed by atoms with van der Waals surface area (Å²) in [5, 5.41) is 9.40. The number of nitrogens with zero attached hydrogens (tertiary/aromatic N) is 1. The van der Waals surface area contributed by atoms with E-state index in [1.807, 2.05) is 12.2 Å². The van der Waals surface area contributed by atoms with Crippen molar-refractivity contribution in [1.29, 1.82) is 0 Å². The van der Waals surface area contributed by atoms with Crippen molar-refractivity contribution in [1.82, 2.24) is 0 Å². The summed E-state index contributed by atoms with van der Waals surface area (Å²) in [5.41, 5.74) is 0. The first kappa shape index (κ1) is 10.0. The third kappa shape index (κ3) is 4.50. The molecule has 1 rings (SSSR count). The third-order valence-electron chi connectivity index (χ3n) is 2.18. The van der Waals surface area contributed by atoms with E-state index in [-0.39, 0.29) is 6.10 Å². The zero-order chi connectivity index (χ0) is 9.52. The lowest BCUT2D eigenvalue weighted by atomic mass is 10.1. The zero-order valence-corrected chi connectivity index (χ0v) is 7.65. The Bertz CT molecular complexity index is 191. The van der Waals surface area contributed by atoms with Crippen LogP contribution in [-0.2, 0) is 4.84 Å². The summed E-state index contributed by atoms with van der Waals surface area (Å²) < 4.78 is 0. The van der Waals surface area contributed by atoms with Gasteiger partial charge in [-0.2, -0.15) is 0 Å². The largest absolute Gasteiger partial charge is 0.306 e. The topological polar surface area (TPSA) is 52.4 Å². The van der Waals surface area contributed by atoms with Gasteiger partial charge in [0.15, 0.2) is 0 Å². The van der Waals surface area contributed by atoms with E-state index in [0.29, 0.717) is 0 Å². The van der Waals surface area contributed by atoms with Crippen LogP contribution in [0.15, 0.2) is 12.2 Å². The molecule has 0 heterocycles. The summed E-state index contributed by atoms with van der Waals surface area (Å²) in [4.78, 5) is 14.6.